The number of unbranched alkanes of at least 4 members (excludes halogenated alkanes) is 30. The van der Waals surface area contributed by atoms with Crippen molar-refractivity contribution >= 4 is 33.6 Å². The van der Waals surface area contributed by atoms with Crippen LogP contribution >= 0.6 is 15.6 Å². The molecule has 4 N–H and O–H groups in total. The van der Waals surface area contributed by atoms with Gasteiger partial charge in [0.1, 0.15) is 25.4 Å². The monoisotopic (exact) mass is 1510 g/mol. The molecule has 0 aromatic carbocycles. The molecule has 105 heavy (non-hydrogen) atoms. The molecule has 0 aliphatic carbocycles. The van der Waals surface area contributed by atoms with Crippen LogP contribution in [0.25, 0.3) is 0 Å². The summed E-state index contributed by atoms with van der Waals surface area (Å²) < 4.78 is 61.1. The van der Waals surface area contributed by atoms with Gasteiger partial charge in [-0.05, 0) is 135 Å². The molecule has 0 aliphatic heterocycles. The van der Waals surface area contributed by atoms with Crippen molar-refractivity contribution in [3.05, 3.63) is 146 Å². The van der Waals surface area contributed by atoms with Crippen molar-refractivity contribution in [2.75, 3.05) is 39.6 Å². The predicted octanol–water partition coefficient (Wildman–Crippen LogP) is 24.4. The first-order chi connectivity index (χ1) is 51.2. The van der Waals surface area contributed by atoms with Gasteiger partial charge in [0, 0.05) is 19.3 Å². The number of rotatable bonds is 77. The molecule has 0 radical (unpaired) electrons. The van der Waals surface area contributed by atoms with Gasteiger partial charge in [-0.25, -0.2) is 9.13 Å². The molecule has 18 heteroatoms. The molecule has 0 saturated carbocycles. The van der Waals surface area contributed by atoms with E-state index in [4.69, 9.17) is 32.3 Å². The van der Waals surface area contributed by atoms with Crippen LogP contribution in [0.15, 0.2) is 146 Å². The number of phosphoric acid groups is 2. The number of carbonyl (C=O) groups excluding carboxylic acids is 3. The fraction of sp³-hybridized carbons (Fsp3) is 0.690. The molecular formula is C87H148O16P2. The molecule has 602 valence electrons. The van der Waals surface area contributed by atoms with E-state index >= 15 is 0 Å². The van der Waals surface area contributed by atoms with Crippen molar-refractivity contribution in [1.82, 2.24) is 0 Å². The van der Waals surface area contributed by atoms with Gasteiger partial charge in [-0.1, -0.05) is 321 Å². The molecule has 5 atom stereocenters. The van der Waals surface area contributed by atoms with Gasteiger partial charge in [0.25, 0.3) is 0 Å². The van der Waals surface area contributed by atoms with E-state index in [-0.39, 0.29) is 19.3 Å². The Balaban J connectivity index is 4.36. The van der Waals surface area contributed by atoms with Crippen LogP contribution in [0.3, 0.4) is 0 Å². The summed E-state index contributed by atoms with van der Waals surface area (Å²) in [6.45, 7) is 2.38. The first kappa shape index (κ1) is 100. The topological polar surface area (TPSA) is 231 Å². The molecule has 5 unspecified atom stereocenters. The molecule has 0 heterocycles. The first-order valence-corrected chi connectivity index (χ1v) is 44.1. The van der Waals surface area contributed by atoms with E-state index in [1.807, 2.05) is 0 Å². The molecule has 0 aliphatic rings. The highest BCUT2D eigenvalue weighted by Crippen LogP contribution is 2.45. The van der Waals surface area contributed by atoms with Crippen LogP contribution in [0.1, 0.15) is 329 Å². The third kappa shape index (κ3) is 80.3. The summed E-state index contributed by atoms with van der Waals surface area (Å²) in [5.74, 6) is -1.61. The summed E-state index contributed by atoms with van der Waals surface area (Å²) in [6.07, 6.45) is 97.9. The van der Waals surface area contributed by atoms with E-state index in [1.54, 1.807) is 0 Å². The fourth-order valence-corrected chi connectivity index (χ4v) is 12.4. The summed E-state index contributed by atoms with van der Waals surface area (Å²) in [6, 6.07) is 0. The Morgan fingerprint density at radius 2 is 0.505 bits per heavy atom. The lowest BCUT2D eigenvalue weighted by Crippen LogP contribution is -2.30. The molecule has 0 fully saturated rings. The molecule has 0 bridgehead atoms. The zero-order valence-corrected chi connectivity index (χ0v) is 67.6. The van der Waals surface area contributed by atoms with Crippen LogP contribution in [-0.4, -0.2) is 95.9 Å². The highest BCUT2D eigenvalue weighted by molar-refractivity contribution is 7.47. The Kier molecular flexibility index (Phi) is 75.6. The molecule has 16 nitrogen and oxygen atoms in total. The van der Waals surface area contributed by atoms with Crippen LogP contribution in [0.4, 0.5) is 0 Å². The van der Waals surface area contributed by atoms with Crippen molar-refractivity contribution in [2.45, 2.75) is 347 Å². The Hall–Kier alpha value is -4.57. The predicted molar refractivity (Wildman–Crippen MR) is 436 cm³/mol. The number of hydrogen-bond acceptors (Lipinski definition) is 14. The number of allylic oxidation sites excluding steroid dienone is 24. The highest BCUT2D eigenvalue weighted by Gasteiger charge is 2.29. The van der Waals surface area contributed by atoms with Crippen molar-refractivity contribution in [1.29, 1.82) is 0 Å². The smallest absolute Gasteiger partial charge is 0.463 e. The van der Waals surface area contributed by atoms with Crippen LogP contribution in [0.2, 0.25) is 0 Å². The highest BCUT2D eigenvalue weighted by atomic mass is 31.2. The second-order valence-electron chi connectivity index (χ2n) is 27.2. The quantitative estimate of drug-likeness (QED) is 0.0146. The van der Waals surface area contributed by atoms with E-state index in [9.17, 15) is 43.5 Å². The van der Waals surface area contributed by atoms with E-state index in [0.717, 1.165) is 154 Å². The second-order valence-corrected chi connectivity index (χ2v) is 30.1. The van der Waals surface area contributed by atoms with Gasteiger partial charge >= 0.3 is 33.6 Å². The van der Waals surface area contributed by atoms with Crippen LogP contribution < -0.4 is 0 Å². The fourth-order valence-electron chi connectivity index (χ4n) is 10.8. The normalized spacial score (nSPS) is 14.7. The van der Waals surface area contributed by atoms with E-state index in [1.165, 1.54) is 116 Å². The van der Waals surface area contributed by atoms with Crippen molar-refractivity contribution < 1.29 is 75.8 Å². The zero-order valence-electron chi connectivity index (χ0n) is 65.9. The SMILES string of the molecule is CC/C=C\C/C=C\C/C=C\C/C=C\C/C=C\C/C=C\CCCCCCC(=O)OCC(COP(=O)(O)OCC(O)COP(=O)(O)OCC(O)COC(=O)CCCCCCCCCCCCCCCCCCCCC/C=C\C/C=C\C/C=C\C/C=C\C/C=C\CC)OC(=O)CCCCCCC/C=C\CCCC. The van der Waals surface area contributed by atoms with Crippen molar-refractivity contribution in [2.24, 2.45) is 0 Å². The van der Waals surface area contributed by atoms with Crippen molar-refractivity contribution in [3.8, 4) is 0 Å². The maximum Gasteiger partial charge on any atom is 0.472 e. The number of esters is 3. The van der Waals surface area contributed by atoms with Crippen LogP contribution in [-0.2, 0) is 55.8 Å². The Labute approximate surface area is 638 Å². The lowest BCUT2D eigenvalue weighted by Gasteiger charge is -2.21. The van der Waals surface area contributed by atoms with E-state index in [0.29, 0.717) is 19.3 Å². The minimum absolute atomic E-state index is 0.0851. The van der Waals surface area contributed by atoms with Gasteiger partial charge in [0.15, 0.2) is 6.10 Å². The zero-order chi connectivity index (χ0) is 76.6. The third-order valence-electron chi connectivity index (χ3n) is 17.0. The van der Waals surface area contributed by atoms with Crippen LogP contribution in [0, 0.1) is 0 Å². The Morgan fingerprint density at radius 3 is 0.810 bits per heavy atom. The summed E-state index contributed by atoms with van der Waals surface area (Å²) >= 11 is 0. The van der Waals surface area contributed by atoms with Gasteiger partial charge in [-0.2, -0.15) is 0 Å². The summed E-state index contributed by atoms with van der Waals surface area (Å²) in [5.41, 5.74) is 0. The van der Waals surface area contributed by atoms with Crippen molar-refractivity contribution in [3.63, 3.8) is 0 Å². The first-order valence-electron chi connectivity index (χ1n) is 41.1. The number of aliphatic hydroxyl groups excluding tert-OH is 2. The second kappa shape index (κ2) is 79.0. The summed E-state index contributed by atoms with van der Waals surface area (Å²) in [7, 11) is -9.80. The lowest BCUT2D eigenvalue weighted by molar-refractivity contribution is -0.161. The van der Waals surface area contributed by atoms with Gasteiger partial charge in [0.2, 0.25) is 0 Å². The Bertz CT molecular complexity index is 2490. The summed E-state index contributed by atoms with van der Waals surface area (Å²) in [4.78, 5) is 58.6. The summed E-state index contributed by atoms with van der Waals surface area (Å²) in [5, 5.41) is 20.6. The van der Waals surface area contributed by atoms with Gasteiger partial charge in [-0.15, -0.1) is 0 Å². The van der Waals surface area contributed by atoms with Crippen LogP contribution in [0.5, 0.6) is 0 Å². The molecule has 0 aromatic rings. The largest absolute Gasteiger partial charge is 0.472 e. The average molecular weight is 1510 g/mol. The van der Waals surface area contributed by atoms with E-state index < -0.39 is 91.5 Å². The number of ether oxygens (including phenoxy) is 3. The lowest BCUT2D eigenvalue weighted by atomic mass is 10.0. The number of aliphatic hydroxyl groups is 2. The maximum absolute atomic E-state index is 12.9. The van der Waals surface area contributed by atoms with E-state index in [2.05, 4.69) is 167 Å². The minimum atomic E-state index is -4.94. The number of carbonyl (C=O) groups is 3. The number of hydrogen-bond donors (Lipinski definition) is 4. The molecule has 0 spiro atoms. The Morgan fingerprint density at radius 1 is 0.276 bits per heavy atom. The third-order valence-corrected chi connectivity index (χ3v) is 18.9. The molecule has 0 aromatic heterocycles. The molecule has 0 amide bonds. The standard InChI is InChI=1S/C87H148O16P2/c1-4-7-10-13-16-19-22-24-26-28-30-32-34-35-36-37-38-39-40-41-42-43-44-45-47-49-50-52-54-56-59-61-64-67-70-73-85(90)97-76-82(88)77-99-104(93,94)100-78-83(89)79-101-105(95,96)102-81-84(103-87(92)75-72-69-66-63-58-21-18-15-12-9-6-3)80-98-86(91)74-71-68-65-62-60-57-55-53-51-48-46-33-31-29-27-25-23-20-17-14-11-8-5-2/h7-8,10-11,15-20,24-27,30-33,35-36,48,51,55,57,82-84,88-89H,4-6,9,12-14,21-23,28-29,34,37-47,49-50,52-54,56,58-81H2,1-3H3,(H,93,94)(H,95,96)/b10-7-,11-8-,18-15-,19-16-,20-17-,26-24-,27-25-,32-30-,33-31-,36-35-,51-48-,57-55-. The van der Waals surface area contributed by atoms with Gasteiger partial charge < -0.3 is 34.2 Å². The molecular weight excluding hydrogens is 1360 g/mol. The maximum atomic E-state index is 12.9. The number of phosphoric ester groups is 2. The molecule has 0 rings (SSSR count). The molecule has 0 saturated heterocycles. The van der Waals surface area contributed by atoms with Gasteiger partial charge in [0.05, 0.1) is 26.4 Å². The van der Waals surface area contributed by atoms with Gasteiger partial charge in [-0.3, -0.25) is 32.5 Å². The average Bonchev–Trinajstić information content (AvgIpc) is 0.913. The minimum Gasteiger partial charge on any atom is -0.463 e.